The van der Waals surface area contributed by atoms with Gasteiger partial charge in [0, 0.05) is 30.5 Å². The molecule has 0 radical (unpaired) electrons. The number of likely N-dealkylation sites (tertiary alicyclic amines) is 1. The third-order valence-corrected chi connectivity index (χ3v) is 6.65. The number of halogens is 2. The van der Waals surface area contributed by atoms with Crippen LogP contribution in [0.15, 0.2) is 30.3 Å². The second kappa shape index (κ2) is 9.86. The van der Waals surface area contributed by atoms with Crippen molar-refractivity contribution in [1.82, 2.24) is 9.88 Å². The zero-order chi connectivity index (χ0) is 21.8. The van der Waals surface area contributed by atoms with Crippen LogP contribution in [-0.4, -0.2) is 34.0 Å². The fourth-order valence-electron chi connectivity index (χ4n) is 4.90. The van der Waals surface area contributed by atoms with Crippen LogP contribution in [0.2, 0.25) is 0 Å². The molecule has 1 aliphatic heterocycles. The Morgan fingerprint density at radius 2 is 1.90 bits per heavy atom. The Hall–Kier alpha value is -2.34. The molecule has 166 valence electrons. The lowest BCUT2D eigenvalue weighted by molar-refractivity contribution is -0.139. The molecule has 1 atom stereocenters. The third-order valence-electron chi connectivity index (χ3n) is 6.65. The molecule has 1 aromatic carbocycles. The normalized spacial score (nSPS) is 17.7. The molecule has 31 heavy (non-hydrogen) atoms. The van der Waals surface area contributed by atoms with E-state index in [-0.39, 0.29) is 6.42 Å². The van der Waals surface area contributed by atoms with E-state index in [2.05, 4.69) is 17.0 Å². The number of aliphatic carboxylic acids is 1. The van der Waals surface area contributed by atoms with Gasteiger partial charge in [-0.3, -0.25) is 14.7 Å². The quantitative estimate of drug-likeness (QED) is 0.565. The van der Waals surface area contributed by atoms with Crippen molar-refractivity contribution in [2.45, 2.75) is 63.8 Å². The number of hydrogen-bond acceptors (Lipinski definition) is 3. The number of hydrogen-bond donors (Lipinski definition) is 1. The lowest BCUT2D eigenvalue weighted by Crippen LogP contribution is -2.48. The fourth-order valence-corrected chi connectivity index (χ4v) is 4.90. The average molecular weight is 429 g/mol. The molecule has 1 aromatic heterocycles. The highest BCUT2D eigenvalue weighted by Gasteiger charge is 2.34. The molecule has 0 bridgehead atoms. The summed E-state index contributed by atoms with van der Waals surface area (Å²) in [7, 11) is 0. The zero-order valence-corrected chi connectivity index (χ0v) is 17.8. The maximum absolute atomic E-state index is 13.6. The molecular weight excluding hydrogens is 398 g/mol. The van der Waals surface area contributed by atoms with Crippen LogP contribution in [0.5, 0.6) is 0 Å². The number of rotatable bonds is 9. The third kappa shape index (κ3) is 5.48. The first-order valence-electron chi connectivity index (χ1n) is 11.4. The second-order valence-electron chi connectivity index (χ2n) is 8.97. The van der Waals surface area contributed by atoms with Crippen LogP contribution < -0.4 is 0 Å². The van der Waals surface area contributed by atoms with Crippen molar-refractivity contribution < 1.29 is 18.7 Å². The molecule has 0 spiro atoms. The number of carboxylic acids is 1. The molecule has 1 fully saturated rings. The molecule has 2 aliphatic rings. The number of benzene rings is 1. The van der Waals surface area contributed by atoms with Gasteiger partial charge in [-0.2, -0.15) is 0 Å². The minimum absolute atomic E-state index is 0.109. The molecule has 0 unspecified atom stereocenters. The van der Waals surface area contributed by atoms with Crippen molar-refractivity contribution in [2.75, 3.05) is 13.1 Å². The summed E-state index contributed by atoms with van der Waals surface area (Å²) in [6.07, 6.45) is 8.99. The monoisotopic (exact) mass is 428 g/mol. The van der Waals surface area contributed by atoms with Gasteiger partial charge in [0.2, 0.25) is 0 Å². The summed E-state index contributed by atoms with van der Waals surface area (Å²) in [6.45, 7) is 1.60. The van der Waals surface area contributed by atoms with Crippen LogP contribution in [0.25, 0.3) is 0 Å². The van der Waals surface area contributed by atoms with Gasteiger partial charge in [0.15, 0.2) is 11.6 Å². The zero-order valence-electron chi connectivity index (χ0n) is 17.8. The van der Waals surface area contributed by atoms with Crippen molar-refractivity contribution in [3.8, 4) is 0 Å². The lowest BCUT2D eigenvalue weighted by atomic mass is 9.89. The predicted molar refractivity (Wildman–Crippen MR) is 115 cm³/mol. The summed E-state index contributed by atoms with van der Waals surface area (Å²) in [5.41, 5.74) is 4.43. The number of unbranched alkanes of at least 4 members (excludes halogenated alkanes) is 1. The van der Waals surface area contributed by atoms with Crippen molar-refractivity contribution in [2.24, 2.45) is 5.92 Å². The summed E-state index contributed by atoms with van der Waals surface area (Å²) in [4.78, 5) is 18.2. The van der Waals surface area contributed by atoms with Gasteiger partial charge >= 0.3 is 5.97 Å². The molecule has 4 nitrogen and oxygen atoms in total. The van der Waals surface area contributed by atoms with E-state index in [4.69, 9.17) is 4.98 Å². The minimum atomic E-state index is -0.935. The van der Waals surface area contributed by atoms with Gasteiger partial charge in [0.25, 0.3) is 0 Å². The Labute approximate surface area is 182 Å². The molecule has 0 amide bonds. The van der Waals surface area contributed by atoms with Gasteiger partial charge in [-0.05, 0) is 80.2 Å². The van der Waals surface area contributed by atoms with E-state index in [0.717, 1.165) is 63.7 Å². The molecule has 1 aliphatic carbocycles. The Morgan fingerprint density at radius 3 is 2.68 bits per heavy atom. The van der Waals surface area contributed by atoms with Crippen LogP contribution in [0.1, 0.15) is 67.1 Å². The van der Waals surface area contributed by atoms with E-state index in [9.17, 15) is 18.7 Å². The van der Waals surface area contributed by atoms with Gasteiger partial charge in [0.05, 0.1) is 6.42 Å². The van der Waals surface area contributed by atoms with Gasteiger partial charge < -0.3 is 5.11 Å². The molecule has 1 N–H and O–H groups in total. The van der Waals surface area contributed by atoms with Gasteiger partial charge in [-0.1, -0.05) is 18.6 Å². The molecule has 6 heteroatoms. The number of nitrogens with zero attached hydrogens (tertiary/aromatic N) is 2. The molecule has 1 saturated heterocycles. The smallest absolute Gasteiger partial charge is 0.305 e. The Morgan fingerprint density at radius 1 is 1.10 bits per heavy atom. The summed E-state index contributed by atoms with van der Waals surface area (Å²) >= 11 is 0. The van der Waals surface area contributed by atoms with Crippen molar-refractivity contribution in [1.29, 1.82) is 0 Å². The van der Waals surface area contributed by atoms with E-state index in [1.165, 1.54) is 35.9 Å². The number of pyridine rings is 1. The first kappa shape index (κ1) is 21.9. The molecule has 2 aromatic rings. The first-order valence-corrected chi connectivity index (χ1v) is 11.4. The van der Waals surface area contributed by atoms with E-state index >= 15 is 0 Å². The van der Waals surface area contributed by atoms with Crippen molar-refractivity contribution in [3.63, 3.8) is 0 Å². The Bertz CT molecular complexity index is 928. The Kier molecular flexibility index (Phi) is 6.96. The van der Waals surface area contributed by atoms with Crippen LogP contribution >= 0.6 is 0 Å². The lowest BCUT2D eigenvalue weighted by Gasteiger charge is -2.44. The highest BCUT2D eigenvalue weighted by Crippen LogP contribution is 2.34. The SMILES string of the molecule is O=C(O)C[C@@H](c1ccc(F)c(F)c1)N1CC(CCCCc2ccc3c(n2)CCCC3)C1. The van der Waals surface area contributed by atoms with E-state index in [1.54, 1.807) is 0 Å². The number of fused-ring (bicyclic) bond motifs is 1. The van der Waals surface area contributed by atoms with Gasteiger partial charge in [-0.15, -0.1) is 0 Å². The van der Waals surface area contributed by atoms with Gasteiger partial charge in [0.1, 0.15) is 0 Å². The minimum Gasteiger partial charge on any atom is -0.481 e. The second-order valence-corrected chi connectivity index (χ2v) is 8.97. The molecule has 2 heterocycles. The topological polar surface area (TPSA) is 53.4 Å². The first-order chi connectivity index (χ1) is 15.0. The number of carbonyl (C=O) groups is 1. The van der Waals surface area contributed by atoms with E-state index in [1.807, 2.05) is 0 Å². The summed E-state index contributed by atoms with van der Waals surface area (Å²) in [5, 5.41) is 9.26. The number of carboxylic acid groups (broad SMARTS) is 1. The van der Waals surface area contributed by atoms with E-state index in [0.29, 0.717) is 11.5 Å². The van der Waals surface area contributed by atoms with Crippen LogP contribution in [0.3, 0.4) is 0 Å². The highest BCUT2D eigenvalue weighted by molar-refractivity contribution is 5.68. The summed E-state index contributed by atoms with van der Waals surface area (Å²) < 4.78 is 26.9. The molecule has 4 rings (SSSR count). The number of aryl methyl sites for hydroxylation is 3. The van der Waals surface area contributed by atoms with Crippen LogP contribution in [0.4, 0.5) is 8.78 Å². The Balaban J connectivity index is 1.23. The summed E-state index contributed by atoms with van der Waals surface area (Å²) in [6, 6.07) is 7.71. The van der Waals surface area contributed by atoms with Gasteiger partial charge in [-0.25, -0.2) is 8.78 Å². The molecule has 0 saturated carbocycles. The molecular formula is C25H30F2N2O2. The van der Waals surface area contributed by atoms with Crippen LogP contribution in [-0.2, 0) is 24.1 Å². The highest BCUT2D eigenvalue weighted by atomic mass is 19.2. The maximum Gasteiger partial charge on any atom is 0.305 e. The fraction of sp³-hybridized carbons (Fsp3) is 0.520. The maximum atomic E-state index is 13.6. The van der Waals surface area contributed by atoms with Crippen LogP contribution in [0, 0.1) is 17.6 Å². The largest absolute Gasteiger partial charge is 0.481 e. The average Bonchev–Trinajstić information content (AvgIpc) is 2.73. The standard InChI is InChI=1S/C25H30F2N2O2/c26-21-12-10-19(13-22(21)27)24(14-25(30)31)29-15-17(16-29)5-1-3-7-20-11-9-18-6-2-4-8-23(18)28-20/h9-13,17,24H,1-8,14-16H2,(H,30,31)/t24-/m0/s1. The van der Waals surface area contributed by atoms with E-state index < -0.39 is 23.6 Å². The predicted octanol–water partition coefficient (Wildman–Crippen LogP) is 5.10. The summed E-state index contributed by atoms with van der Waals surface area (Å²) in [5.74, 6) is -2.25. The number of aromatic nitrogens is 1. The van der Waals surface area contributed by atoms with Crippen molar-refractivity contribution in [3.05, 3.63) is 64.5 Å². The van der Waals surface area contributed by atoms with Crippen molar-refractivity contribution >= 4 is 5.97 Å².